The number of aromatic nitrogens is 1. The summed E-state index contributed by atoms with van der Waals surface area (Å²) in [4.78, 5) is 15.2. The minimum absolute atomic E-state index is 0.611. The fraction of sp³-hybridized carbons (Fsp3) is 0. The van der Waals surface area contributed by atoms with Gasteiger partial charge in [0.2, 0.25) is 0 Å². The first-order valence-electron chi connectivity index (χ1n) is 6.38. The summed E-state index contributed by atoms with van der Waals surface area (Å²) >= 11 is 5.97. The fourth-order valence-electron chi connectivity index (χ4n) is 1.99. The molecule has 0 spiro atoms. The van der Waals surface area contributed by atoms with Crippen LogP contribution in [0.15, 0.2) is 54.6 Å². The second kappa shape index (κ2) is 5.78. The van der Waals surface area contributed by atoms with Crippen LogP contribution in [0.3, 0.4) is 0 Å². The lowest BCUT2D eigenvalue weighted by atomic mass is 10.1. The molecule has 0 aliphatic heterocycles. The van der Waals surface area contributed by atoms with Crippen molar-refractivity contribution in [2.45, 2.75) is 0 Å². The Balaban J connectivity index is 1.98. The molecule has 0 N–H and O–H groups in total. The van der Waals surface area contributed by atoms with Gasteiger partial charge in [0.1, 0.15) is 12.0 Å². The molecule has 1 heterocycles. The Bertz CT molecular complexity index is 890. The first-order chi connectivity index (χ1) is 10.2. The van der Waals surface area contributed by atoms with Gasteiger partial charge in [-0.3, -0.25) is 4.79 Å². The Morgan fingerprint density at radius 3 is 2.71 bits per heavy atom. The van der Waals surface area contributed by atoms with Crippen LogP contribution in [0.2, 0.25) is 5.02 Å². The summed E-state index contributed by atoms with van der Waals surface area (Å²) in [5, 5.41) is 1.67. The number of halogens is 1. The van der Waals surface area contributed by atoms with Crippen molar-refractivity contribution < 1.29 is 4.79 Å². The molecule has 0 radical (unpaired) electrons. The number of rotatable bonds is 1. The Kier molecular flexibility index (Phi) is 3.68. The van der Waals surface area contributed by atoms with E-state index < -0.39 is 0 Å². The van der Waals surface area contributed by atoms with E-state index in [0.717, 1.165) is 22.8 Å². The molecule has 0 aliphatic carbocycles. The first kappa shape index (κ1) is 13.4. The molecule has 0 fully saturated rings. The van der Waals surface area contributed by atoms with E-state index in [0.29, 0.717) is 16.3 Å². The van der Waals surface area contributed by atoms with Crippen LogP contribution in [-0.2, 0) is 0 Å². The lowest BCUT2D eigenvalue weighted by Crippen LogP contribution is -1.85. The molecular weight excluding hydrogens is 282 g/mol. The van der Waals surface area contributed by atoms with Crippen molar-refractivity contribution >= 4 is 28.8 Å². The zero-order chi connectivity index (χ0) is 14.7. The third kappa shape index (κ3) is 3.10. The summed E-state index contributed by atoms with van der Waals surface area (Å²) < 4.78 is 0. The second-order valence-corrected chi connectivity index (χ2v) is 4.96. The average Bonchev–Trinajstić information content (AvgIpc) is 2.52. The number of pyridine rings is 1. The third-order valence-corrected chi connectivity index (χ3v) is 3.25. The van der Waals surface area contributed by atoms with Crippen LogP contribution >= 0.6 is 11.6 Å². The molecule has 2 aromatic carbocycles. The minimum Gasteiger partial charge on any atom is -0.298 e. The predicted octanol–water partition coefficient (Wildman–Crippen LogP) is 4.10. The maximum Gasteiger partial charge on any atom is 0.150 e. The summed E-state index contributed by atoms with van der Waals surface area (Å²) in [7, 11) is 0. The maximum absolute atomic E-state index is 10.7. The molecule has 0 saturated heterocycles. The number of aldehydes is 1. The molecule has 0 aliphatic rings. The van der Waals surface area contributed by atoms with Crippen LogP contribution < -0.4 is 0 Å². The zero-order valence-corrected chi connectivity index (χ0v) is 11.8. The highest BCUT2D eigenvalue weighted by atomic mass is 35.5. The Labute approximate surface area is 127 Å². The van der Waals surface area contributed by atoms with Crippen molar-refractivity contribution in [3.05, 3.63) is 76.4 Å². The van der Waals surface area contributed by atoms with Crippen molar-refractivity contribution in [1.82, 2.24) is 4.98 Å². The van der Waals surface area contributed by atoms with E-state index in [2.05, 4.69) is 16.8 Å². The van der Waals surface area contributed by atoms with Gasteiger partial charge >= 0.3 is 0 Å². The quantitative estimate of drug-likeness (QED) is 0.499. The molecule has 0 saturated carbocycles. The number of carbonyl (C=O) groups is 1. The van der Waals surface area contributed by atoms with Crippen LogP contribution in [0.25, 0.3) is 10.9 Å². The smallest absolute Gasteiger partial charge is 0.150 e. The highest BCUT2D eigenvalue weighted by molar-refractivity contribution is 6.31. The number of nitrogens with zero attached hydrogens (tertiary/aromatic N) is 1. The van der Waals surface area contributed by atoms with Crippen molar-refractivity contribution in [2.75, 3.05) is 0 Å². The topological polar surface area (TPSA) is 30.0 Å². The highest BCUT2D eigenvalue weighted by Crippen LogP contribution is 2.17. The Morgan fingerprint density at radius 1 is 1.00 bits per heavy atom. The monoisotopic (exact) mass is 291 g/mol. The molecule has 100 valence electrons. The largest absolute Gasteiger partial charge is 0.298 e. The molecule has 1 aromatic heterocycles. The Morgan fingerprint density at radius 2 is 1.86 bits per heavy atom. The summed E-state index contributed by atoms with van der Waals surface area (Å²) in [5.41, 5.74) is 2.88. The van der Waals surface area contributed by atoms with Gasteiger partial charge in [-0.05, 0) is 36.3 Å². The summed E-state index contributed by atoms with van der Waals surface area (Å²) in [5.74, 6) is 6.01. The molecular formula is C18H10ClNO. The standard InChI is InChI=1S/C18H10ClNO/c19-16-7-5-15-6-9-17(20-18(15)11-16)8-4-13-2-1-3-14(10-13)12-21/h1-3,5-7,9-12H. The van der Waals surface area contributed by atoms with Crippen molar-refractivity contribution in [1.29, 1.82) is 0 Å². The second-order valence-electron chi connectivity index (χ2n) is 4.53. The van der Waals surface area contributed by atoms with E-state index in [9.17, 15) is 4.79 Å². The van der Waals surface area contributed by atoms with Gasteiger partial charge in [-0.15, -0.1) is 0 Å². The fourth-order valence-corrected chi connectivity index (χ4v) is 2.15. The lowest BCUT2D eigenvalue weighted by molar-refractivity contribution is 0.112. The molecule has 0 unspecified atom stereocenters. The van der Waals surface area contributed by atoms with Crippen LogP contribution in [-0.4, -0.2) is 11.3 Å². The first-order valence-corrected chi connectivity index (χ1v) is 6.76. The van der Waals surface area contributed by atoms with Crippen LogP contribution in [0, 0.1) is 11.8 Å². The lowest BCUT2D eigenvalue weighted by Gasteiger charge is -1.98. The molecule has 21 heavy (non-hydrogen) atoms. The van der Waals surface area contributed by atoms with E-state index in [1.54, 1.807) is 18.2 Å². The van der Waals surface area contributed by atoms with Gasteiger partial charge in [-0.1, -0.05) is 41.8 Å². The molecule has 0 atom stereocenters. The van der Waals surface area contributed by atoms with Crippen LogP contribution in [0.1, 0.15) is 21.6 Å². The van der Waals surface area contributed by atoms with Gasteiger partial charge in [0.25, 0.3) is 0 Å². The highest BCUT2D eigenvalue weighted by Gasteiger charge is 1.97. The van der Waals surface area contributed by atoms with Gasteiger partial charge in [0, 0.05) is 21.5 Å². The van der Waals surface area contributed by atoms with E-state index in [1.807, 2.05) is 36.4 Å². The third-order valence-electron chi connectivity index (χ3n) is 3.01. The van der Waals surface area contributed by atoms with Crippen LogP contribution in [0.5, 0.6) is 0 Å². The van der Waals surface area contributed by atoms with E-state index in [1.165, 1.54) is 0 Å². The van der Waals surface area contributed by atoms with Gasteiger partial charge in [-0.2, -0.15) is 0 Å². The van der Waals surface area contributed by atoms with Crippen LogP contribution in [0.4, 0.5) is 0 Å². The zero-order valence-electron chi connectivity index (χ0n) is 11.0. The molecule has 3 aromatic rings. The SMILES string of the molecule is O=Cc1cccc(C#Cc2ccc3ccc(Cl)cc3n2)c1. The maximum atomic E-state index is 10.7. The van der Waals surface area contributed by atoms with Gasteiger partial charge in [-0.25, -0.2) is 4.98 Å². The molecule has 0 amide bonds. The Hall–Kier alpha value is -2.63. The van der Waals surface area contributed by atoms with E-state index in [-0.39, 0.29) is 0 Å². The number of fused-ring (bicyclic) bond motifs is 1. The van der Waals surface area contributed by atoms with E-state index >= 15 is 0 Å². The molecule has 2 nitrogen and oxygen atoms in total. The number of hydrogen-bond donors (Lipinski definition) is 0. The van der Waals surface area contributed by atoms with Gasteiger partial charge in [0.05, 0.1) is 5.52 Å². The van der Waals surface area contributed by atoms with Crippen molar-refractivity contribution in [3.8, 4) is 11.8 Å². The molecule has 3 heteroatoms. The summed E-state index contributed by atoms with van der Waals surface area (Å²) in [6.45, 7) is 0. The number of hydrogen-bond acceptors (Lipinski definition) is 2. The normalized spacial score (nSPS) is 9.95. The predicted molar refractivity (Wildman–Crippen MR) is 84.6 cm³/mol. The van der Waals surface area contributed by atoms with E-state index in [4.69, 9.17) is 11.6 Å². The van der Waals surface area contributed by atoms with Gasteiger partial charge in [0.15, 0.2) is 0 Å². The summed E-state index contributed by atoms with van der Waals surface area (Å²) in [6.07, 6.45) is 0.807. The molecule has 0 bridgehead atoms. The van der Waals surface area contributed by atoms with Crippen molar-refractivity contribution in [3.63, 3.8) is 0 Å². The van der Waals surface area contributed by atoms with Crippen molar-refractivity contribution in [2.24, 2.45) is 0 Å². The number of carbonyl (C=O) groups excluding carboxylic acids is 1. The minimum atomic E-state index is 0.611. The average molecular weight is 292 g/mol. The number of benzene rings is 2. The van der Waals surface area contributed by atoms with Gasteiger partial charge < -0.3 is 0 Å². The summed E-state index contributed by atoms with van der Waals surface area (Å²) in [6, 6.07) is 16.6. The molecule has 3 rings (SSSR count).